The molecule has 0 aliphatic carbocycles. The molecule has 2 aromatic heterocycles. The molecule has 126 valence electrons. The zero-order valence-corrected chi connectivity index (χ0v) is 16.2. The molecule has 3 nitrogen and oxygen atoms in total. The van der Waals surface area contributed by atoms with Crippen LogP contribution in [-0.2, 0) is 0 Å². The van der Waals surface area contributed by atoms with E-state index in [2.05, 4.69) is 53.8 Å². The second kappa shape index (κ2) is 8.06. The number of rotatable bonds is 4. The molecular formula is C20H27N3Si. The summed E-state index contributed by atoms with van der Waals surface area (Å²) in [7, 11) is -1.33. The summed E-state index contributed by atoms with van der Waals surface area (Å²) in [6, 6.07) is 16.5. The largest absolute Gasteiger partial charge is 0.329 e. The monoisotopic (exact) mass is 338 g/mol. The van der Waals surface area contributed by atoms with Crippen LogP contribution in [0.2, 0.25) is 19.6 Å². The summed E-state index contributed by atoms with van der Waals surface area (Å²) in [5.41, 5.74) is 2.74. The van der Waals surface area contributed by atoms with E-state index in [-0.39, 0.29) is 0 Å². The molecule has 0 fully saturated rings. The van der Waals surface area contributed by atoms with Crippen molar-refractivity contribution in [1.82, 2.24) is 9.97 Å². The number of aromatic nitrogens is 2. The first kappa shape index (κ1) is 16.6. The molecule has 0 radical (unpaired) electrons. The van der Waals surface area contributed by atoms with E-state index < -0.39 is 8.07 Å². The summed E-state index contributed by atoms with van der Waals surface area (Å²) in [5, 5.41) is 0. The fraction of sp³-hybridized carbons (Fsp3) is 0.300. The van der Waals surface area contributed by atoms with E-state index in [1.54, 1.807) is 12.3 Å². The van der Waals surface area contributed by atoms with Gasteiger partial charge in [-0.2, -0.15) is 0 Å². The van der Waals surface area contributed by atoms with Crippen LogP contribution >= 0.6 is 0 Å². The summed E-state index contributed by atoms with van der Waals surface area (Å²) in [6.45, 7) is 11.1. The zero-order valence-electron chi connectivity index (χ0n) is 16.2. The van der Waals surface area contributed by atoms with E-state index in [4.69, 9.17) is 6.35 Å². The Labute approximate surface area is 147 Å². The standard InChI is InChI=1S/C18H21N3Si.C2H6/c1-22(2,3)14-21(15-8-5-4-6-9-15)18-12-11-16-17(20-18)10-7-13-19-16;1-2/h4-13H,14H2,1-3H3;1-2H3/i7D;. The molecule has 0 spiro atoms. The Kier molecular flexibility index (Phi) is 5.59. The Bertz CT molecular complexity index is 816. The lowest BCUT2D eigenvalue weighted by atomic mass is 10.2. The molecular weight excluding hydrogens is 310 g/mol. The first-order valence-electron chi connectivity index (χ1n) is 8.98. The van der Waals surface area contributed by atoms with Crippen molar-refractivity contribution in [2.75, 3.05) is 11.1 Å². The molecule has 0 saturated heterocycles. The van der Waals surface area contributed by atoms with Crippen molar-refractivity contribution < 1.29 is 1.37 Å². The van der Waals surface area contributed by atoms with E-state index in [0.29, 0.717) is 6.04 Å². The Morgan fingerprint density at radius 2 is 1.67 bits per heavy atom. The lowest BCUT2D eigenvalue weighted by molar-refractivity contribution is 1.08. The average Bonchev–Trinajstić information content (AvgIpc) is 2.61. The van der Waals surface area contributed by atoms with Crippen molar-refractivity contribution in [3.8, 4) is 0 Å². The molecule has 0 unspecified atom stereocenters. The fourth-order valence-corrected chi connectivity index (χ4v) is 3.73. The predicted molar refractivity (Wildman–Crippen MR) is 108 cm³/mol. The van der Waals surface area contributed by atoms with Crippen molar-refractivity contribution in [2.45, 2.75) is 33.5 Å². The van der Waals surface area contributed by atoms with Gasteiger partial charge >= 0.3 is 0 Å². The van der Waals surface area contributed by atoms with Crippen LogP contribution in [0.4, 0.5) is 11.5 Å². The lowest BCUT2D eigenvalue weighted by Crippen LogP contribution is -2.38. The Hall–Kier alpha value is -2.20. The number of fused-ring (bicyclic) bond motifs is 1. The topological polar surface area (TPSA) is 29.0 Å². The molecule has 0 aliphatic rings. The van der Waals surface area contributed by atoms with Crippen LogP contribution in [0.5, 0.6) is 0 Å². The normalized spacial score (nSPS) is 11.5. The van der Waals surface area contributed by atoms with Gasteiger partial charge in [0.1, 0.15) is 5.82 Å². The maximum absolute atomic E-state index is 7.75. The van der Waals surface area contributed by atoms with E-state index in [9.17, 15) is 0 Å². The molecule has 0 aliphatic heterocycles. The molecule has 2 heterocycles. The summed E-state index contributed by atoms with van der Waals surface area (Å²) in [5.74, 6) is 0.915. The van der Waals surface area contributed by atoms with Gasteiger partial charge in [0, 0.05) is 18.1 Å². The van der Waals surface area contributed by atoms with E-state index >= 15 is 0 Å². The van der Waals surface area contributed by atoms with Crippen molar-refractivity contribution >= 4 is 30.6 Å². The quantitative estimate of drug-likeness (QED) is 0.574. The van der Waals surface area contributed by atoms with Crippen LogP contribution in [0.25, 0.3) is 11.0 Å². The maximum Gasteiger partial charge on any atom is 0.133 e. The molecule has 0 atom stereocenters. The van der Waals surface area contributed by atoms with Crippen molar-refractivity contribution in [2.24, 2.45) is 0 Å². The number of hydrogen-bond acceptors (Lipinski definition) is 3. The molecule has 24 heavy (non-hydrogen) atoms. The van der Waals surface area contributed by atoms with Gasteiger partial charge < -0.3 is 4.90 Å². The van der Waals surface area contributed by atoms with Gasteiger partial charge in [-0.05, 0) is 36.4 Å². The molecule has 0 saturated carbocycles. The first-order chi connectivity index (χ1) is 11.9. The van der Waals surface area contributed by atoms with Gasteiger partial charge in [0.05, 0.1) is 20.5 Å². The van der Waals surface area contributed by atoms with Crippen molar-refractivity contribution in [3.05, 3.63) is 60.8 Å². The van der Waals surface area contributed by atoms with Gasteiger partial charge in [0.15, 0.2) is 0 Å². The Morgan fingerprint density at radius 1 is 0.958 bits per heavy atom. The third-order valence-electron chi connectivity index (χ3n) is 3.36. The summed E-state index contributed by atoms with van der Waals surface area (Å²) in [4.78, 5) is 11.3. The molecule has 0 bridgehead atoms. The van der Waals surface area contributed by atoms with Gasteiger partial charge in [0.2, 0.25) is 0 Å². The number of anilines is 2. The second-order valence-corrected chi connectivity index (χ2v) is 12.1. The van der Waals surface area contributed by atoms with Crippen LogP contribution in [0.1, 0.15) is 15.2 Å². The molecule has 0 amide bonds. The number of para-hydroxylation sites is 1. The summed E-state index contributed by atoms with van der Waals surface area (Å²) in [6.07, 6.45) is 2.55. The van der Waals surface area contributed by atoms with Crippen LogP contribution in [0.15, 0.2) is 60.8 Å². The average molecular weight is 339 g/mol. The minimum absolute atomic E-state index is 0.388. The number of hydrogen-bond donors (Lipinski definition) is 0. The minimum Gasteiger partial charge on any atom is -0.329 e. The number of pyridine rings is 2. The van der Waals surface area contributed by atoms with E-state index in [1.165, 1.54) is 0 Å². The van der Waals surface area contributed by atoms with Crippen molar-refractivity contribution in [3.63, 3.8) is 0 Å². The molecule has 1 aromatic carbocycles. The van der Waals surface area contributed by atoms with Crippen molar-refractivity contribution in [1.29, 1.82) is 0 Å². The van der Waals surface area contributed by atoms with Gasteiger partial charge in [-0.25, -0.2) is 4.98 Å². The number of nitrogens with zero attached hydrogens (tertiary/aromatic N) is 3. The highest BCUT2D eigenvalue weighted by Gasteiger charge is 2.21. The molecule has 3 rings (SSSR count). The molecule has 4 heteroatoms. The predicted octanol–water partition coefficient (Wildman–Crippen LogP) is 5.67. The highest BCUT2D eigenvalue weighted by Crippen LogP contribution is 2.26. The maximum atomic E-state index is 7.75. The van der Waals surface area contributed by atoms with Crippen LogP contribution in [0, 0.1) is 0 Å². The van der Waals surface area contributed by atoms with Crippen LogP contribution < -0.4 is 4.90 Å². The van der Waals surface area contributed by atoms with Gasteiger partial charge in [-0.3, -0.25) is 4.98 Å². The fourth-order valence-electron chi connectivity index (χ4n) is 2.43. The van der Waals surface area contributed by atoms with Gasteiger partial charge in [-0.15, -0.1) is 0 Å². The van der Waals surface area contributed by atoms with Gasteiger partial charge in [-0.1, -0.05) is 51.7 Å². The Morgan fingerprint density at radius 3 is 2.33 bits per heavy atom. The summed E-state index contributed by atoms with van der Waals surface area (Å²) >= 11 is 0. The molecule has 3 aromatic rings. The minimum atomic E-state index is -1.33. The second-order valence-electron chi connectivity index (χ2n) is 6.63. The van der Waals surface area contributed by atoms with E-state index in [1.807, 2.05) is 32.0 Å². The number of benzene rings is 1. The highest BCUT2D eigenvalue weighted by atomic mass is 28.3. The van der Waals surface area contributed by atoms with Crippen LogP contribution in [0.3, 0.4) is 0 Å². The zero-order chi connectivity index (χ0) is 18.4. The lowest BCUT2D eigenvalue weighted by Gasteiger charge is -2.30. The SMILES string of the molecule is CC.[2H]c1cnc2ccc(N(C[Si](C)(C)C)c3ccccc3)nc2c1. The highest BCUT2D eigenvalue weighted by molar-refractivity contribution is 6.76. The smallest absolute Gasteiger partial charge is 0.133 e. The third kappa shape index (κ3) is 4.65. The van der Waals surface area contributed by atoms with E-state index in [0.717, 1.165) is 28.7 Å². The van der Waals surface area contributed by atoms with Crippen LogP contribution in [-0.4, -0.2) is 24.2 Å². The van der Waals surface area contributed by atoms with Gasteiger partial charge in [0.25, 0.3) is 0 Å². The first-order valence-corrected chi connectivity index (χ1v) is 12.2. The Balaban J connectivity index is 0.00000109. The summed E-state index contributed by atoms with van der Waals surface area (Å²) < 4.78 is 7.75. The molecule has 0 N–H and O–H groups in total. The third-order valence-corrected chi connectivity index (χ3v) is 4.63.